The van der Waals surface area contributed by atoms with Gasteiger partial charge in [0.1, 0.15) is 5.54 Å². The highest BCUT2D eigenvalue weighted by atomic mass is 15.1. The molecule has 0 aliphatic heterocycles. The summed E-state index contributed by atoms with van der Waals surface area (Å²) in [7, 11) is 2.07. The number of nitrogens with zero attached hydrogens (tertiary/aromatic N) is 2. The zero-order valence-electron chi connectivity index (χ0n) is 11.6. The van der Waals surface area contributed by atoms with Crippen LogP contribution in [-0.2, 0) is 5.54 Å². The second-order valence-corrected chi connectivity index (χ2v) is 4.65. The van der Waals surface area contributed by atoms with E-state index in [1.165, 1.54) is 0 Å². The van der Waals surface area contributed by atoms with Crippen molar-refractivity contribution in [3.8, 4) is 6.07 Å². The van der Waals surface area contributed by atoms with Gasteiger partial charge in [-0.05, 0) is 32.1 Å². The molecule has 3 heteroatoms. The molecule has 1 atom stereocenters. The lowest BCUT2D eigenvalue weighted by molar-refractivity contribution is 0.252. The zero-order valence-corrected chi connectivity index (χ0v) is 11.6. The van der Waals surface area contributed by atoms with Crippen LogP contribution in [0.15, 0.2) is 30.3 Å². The van der Waals surface area contributed by atoms with Gasteiger partial charge in [-0.25, -0.2) is 0 Å². The maximum atomic E-state index is 9.64. The van der Waals surface area contributed by atoms with Gasteiger partial charge in [-0.15, -0.1) is 0 Å². The van der Waals surface area contributed by atoms with Gasteiger partial charge in [0.05, 0.1) is 6.07 Å². The van der Waals surface area contributed by atoms with E-state index in [4.69, 9.17) is 0 Å². The van der Waals surface area contributed by atoms with Crippen LogP contribution in [-0.4, -0.2) is 31.6 Å². The molecule has 0 fully saturated rings. The van der Waals surface area contributed by atoms with E-state index in [1.807, 2.05) is 37.3 Å². The molecule has 1 N–H and O–H groups in total. The Morgan fingerprint density at radius 1 is 1.28 bits per heavy atom. The standard InChI is InChI=1S/C15H23N3/c1-4-11-18(3)13-15(12-16,17-5-2)14-9-7-6-8-10-14/h6-10,17H,4-5,11,13H2,1-3H3. The van der Waals surface area contributed by atoms with E-state index in [0.717, 1.165) is 25.1 Å². The van der Waals surface area contributed by atoms with Crippen molar-refractivity contribution >= 4 is 0 Å². The quantitative estimate of drug-likeness (QED) is 0.801. The fourth-order valence-electron chi connectivity index (χ4n) is 2.28. The first kappa shape index (κ1) is 14.7. The molecule has 0 aromatic heterocycles. The van der Waals surface area contributed by atoms with Crippen LogP contribution >= 0.6 is 0 Å². The minimum absolute atomic E-state index is 0.611. The number of nitriles is 1. The smallest absolute Gasteiger partial charge is 0.145 e. The van der Waals surface area contributed by atoms with Gasteiger partial charge in [-0.1, -0.05) is 44.2 Å². The number of benzene rings is 1. The average molecular weight is 245 g/mol. The van der Waals surface area contributed by atoms with E-state index >= 15 is 0 Å². The molecule has 1 aromatic carbocycles. The minimum Gasteiger partial charge on any atom is -0.303 e. The van der Waals surface area contributed by atoms with Gasteiger partial charge in [0.2, 0.25) is 0 Å². The molecule has 98 valence electrons. The monoisotopic (exact) mass is 245 g/mol. The molecule has 0 radical (unpaired) electrons. The van der Waals surface area contributed by atoms with Crippen LogP contribution in [0, 0.1) is 11.3 Å². The lowest BCUT2D eigenvalue weighted by Gasteiger charge is -2.32. The second-order valence-electron chi connectivity index (χ2n) is 4.65. The number of likely N-dealkylation sites (N-methyl/N-ethyl adjacent to an activating group) is 2. The lowest BCUT2D eigenvalue weighted by atomic mass is 9.90. The summed E-state index contributed by atoms with van der Waals surface area (Å²) >= 11 is 0. The van der Waals surface area contributed by atoms with Crippen molar-refractivity contribution < 1.29 is 0 Å². The first-order valence-electron chi connectivity index (χ1n) is 6.59. The molecule has 18 heavy (non-hydrogen) atoms. The molecular weight excluding hydrogens is 222 g/mol. The fourth-order valence-corrected chi connectivity index (χ4v) is 2.28. The number of rotatable bonds is 7. The summed E-state index contributed by atoms with van der Waals surface area (Å²) in [6, 6.07) is 12.5. The Morgan fingerprint density at radius 3 is 2.44 bits per heavy atom. The van der Waals surface area contributed by atoms with Gasteiger partial charge in [0.25, 0.3) is 0 Å². The minimum atomic E-state index is -0.611. The summed E-state index contributed by atoms with van der Waals surface area (Å²) in [5, 5.41) is 13.0. The highest BCUT2D eigenvalue weighted by molar-refractivity contribution is 5.32. The third-order valence-electron chi connectivity index (χ3n) is 3.05. The van der Waals surface area contributed by atoms with E-state index < -0.39 is 5.54 Å². The first-order chi connectivity index (χ1) is 8.68. The molecule has 0 amide bonds. The second kappa shape index (κ2) is 7.15. The Morgan fingerprint density at radius 2 is 1.94 bits per heavy atom. The van der Waals surface area contributed by atoms with Crippen LogP contribution < -0.4 is 5.32 Å². The maximum Gasteiger partial charge on any atom is 0.145 e. The molecule has 0 aliphatic rings. The van der Waals surface area contributed by atoms with E-state index in [0.29, 0.717) is 6.54 Å². The molecule has 0 bridgehead atoms. The van der Waals surface area contributed by atoms with Gasteiger partial charge in [0.15, 0.2) is 0 Å². The van der Waals surface area contributed by atoms with Gasteiger partial charge < -0.3 is 4.90 Å². The summed E-state index contributed by atoms with van der Waals surface area (Å²) < 4.78 is 0. The molecule has 1 unspecified atom stereocenters. The molecule has 0 aliphatic carbocycles. The van der Waals surface area contributed by atoms with Crippen molar-refractivity contribution in [1.82, 2.24) is 10.2 Å². The summed E-state index contributed by atoms with van der Waals surface area (Å²) in [4.78, 5) is 2.21. The molecule has 0 saturated heterocycles. The van der Waals surface area contributed by atoms with Crippen LogP contribution in [0.25, 0.3) is 0 Å². The molecule has 0 saturated carbocycles. The average Bonchev–Trinajstić information content (AvgIpc) is 2.39. The highest BCUT2D eigenvalue weighted by Gasteiger charge is 2.32. The Labute approximate surface area is 110 Å². The van der Waals surface area contributed by atoms with Gasteiger partial charge in [0, 0.05) is 6.54 Å². The van der Waals surface area contributed by atoms with Crippen molar-refractivity contribution in [2.45, 2.75) is 25.8 Å². The number of hydrogen-bond acceptors (Lipinski definition) is 3. The van der Waals surface area contributed by atoms with Crippen LogP contribution in [0.4, 0.5) is 0 Å². The Balaban J connectivity index is 2.99. The predicted molar refractivity (Wildman–Crippen MR) is 75.2 cm³/mol. The molecule has 3 nitrogen and oxygen atoms in total. The van der Waals surface area contributed by atoms with Crippen molar-refractivity contribution in [3.05, 3.63) is 35.9 Å². The zero-order chi connectivity index (χ0) is 13.4. The van der Waals surface area contributed by atoms with Crippen molar-refractivity contribution in [2.75, 3.05) is 26.7 Å². The largest absolute Gasteiger partial charge is 0.303 e. The van der Waals surface area contributed by atoms with E-state index in [-0.39, 0.29) is 0 Å². The van der Waals surface area contributed by atoms with E-state index in [9.17, 15) is 5.26 Å². The lowest BCUT2D eigenvalue weighted by Crippen LogP contribution is -2.49. The van der Waals surface area contributed by atoms with E-state index in [1.54, 1.807) is 0 Å². The molecule has 0 spiro atoms. The van der Waals surface area contributed by atoms with Crippen LogP contribution in [0.1, 0.15) is 25.8 Å². The van der Waals surface area contributed by atoms with Gasteiger partial charge in [-0.3, -0.25) is 5.32 Å². The summed E-state index contributed by atoms with van der Waals surface area (Å²) in [6.45, 7) is 6.68. The Bertz CT molecular complexity index is 382. The Hall–Kier alpha value is -1.37. The molecular formula is C15H23N3. The third kappa shape index (κ3) is 3.56. The van der Waals surface area contributed by atoms with Crippen molar-refractivity contribution in [3.63, 3.8) is 0 Å². The third-order valence-corrected chi connectivity index (χ3v) is 3.05. The maximum absolute atomic E-state index is 9.64. The molecule has 0 heterocycles. The fraction of sp³-hybridized carbons (Fsp3) is 0.533. The van der Waals surface area contributed by atoms with Gasteiger partial charge in [-0.2, -0.15) is 5.26 Å². The molecule has 1 aromatic rings. The Kier molecular flexibility index (Phi) is 5.84. The van der Waals surface area contributed by atoms with Gasteiger partial charge >= 0.3 is 0 Å². The van der Waals surface area contributed by atoms with Crippen LogP contribution in [0.5, 0.6) is 0 Å². The van der Waals surface area contributed by atoms with Crippen molar-refractivity contribution in [1.29, 1.82) is 5.26 Å². The van der Waals surface area contributed by atoms with Crippen molar-refractivity contribution in [2.24, 2.45) is 0 Å². The topological polar surface area (TPSA) is 39.1 Å². The number of hydrogen-bond donors (Lipinski definition) is 1. The number of nitrogens with one attached hydrogen (secondary N) is 1. The van der Waals surface area contributed by atoms with Crippen LogP contribution in [0.3, 0.4) is 0 Å². The summed E-state index contributed by atoms with van der Waals surface area (Å²) in [6.07, 6.45) is 1.10. The summed E-state index contributed by atoms with van der Waals surface area (Å²) in [5.41, 5.74) is 0.428. The SMILES string of the molecule is CCCN(C)CC(C#N)(NCC)c1ccccc1. The van der Waals surface area contributed by atoms with E-state index in [2.05, 4.69) is 30.3 Å². The molecule has 1 rings (SSSR count). The predicted octanol–water partition coefficient (Wildman–Crippen LogP) is 2.36. The van der Waals surface area contributed by atoms with Crippen LogP contribution in [0.2, 0.25) is 0 Å². The summed E-state index contributed by atoms with van der Waals surface area (Å²) in [5.74, 6) is 0. The first-order valence-corrected chi connectivity index (χ1v) is 6.59. The normalized spacial score (nSPS) is 14.2. The highest BCUT2D eigenvalue weighted by Crippen LogP contribution is 2.21.